The lowest BCUT2D eigenvalue weighted by Crippen LogP contribution is -2.03. The van der Waals surface area contributed by atoms with Crippen LogP contribution in [0.25, 0.3) is 0 Å². The number of esters is 2. The van der Waals surface area contributed by atoms with Gasteiger partial charge in [-0.1, -0.05) is 51.2 Å². The van der Waals surface area contributed by atoms with Gasteiger partial charge in [0.05, 0.1) is 12.3 Å². The Hall–Kier alpha value is -1.12. The first-order chi connectivity index (χ1) is 8.24. The molecule has 1 unspecified atom stereocenters. The van der Waals surface area contributed by atoms with Crippen molar-refractivity contribution in [3.8, 4) is 0 Å². The fourth-order valence-electron chi connectivity index (χ4n) is 1.94. The second-order valence-electron chi connectivity index (χ2n) is 4.59. The Bertz CT molecular complexity index is 281. The minimum atomic E-state index is -0.399. The number of carbonyl (C=O) groups is 2. The Labute approximate surface area is 103 Å². The van der Waals surface area contributed by atoms with Crippen molar-refractivity contribution in [3.63, 3.8) is 0 Å². The van der Waals surface area contributed by atoms with Crippen molar-refractivity contribution in [3.05, 3.63) is 12.2 Å². The summed E-state index contributed by atoms with van der Waals surface area (Å²) in [5.74, 6) is -1.12. The molecule has 0 bridgehead atoms. The van der Waals surface area contributed by atoms with Crippen molar-refractivity contribution in [2.75, 3.05) is 0 Å². The molecule has 0 aromatic heterocycles. The minimum absolute atomic E-state index is 0.214. The molecule has 3 heteroatoms. The summed E-state index contributed by atoms with van der Waals surface area (Å²) < 4.78 is 4.47. The number of hydrogen-bond donors (Lipinski definition) is 0. The molecule has 0 saturated carbocycles. The van der Waals surface area contributed by atoms with E-state index in [-0.39, 0.29) is 12.3 Å². The lowest BCUT2D eigenvalue weighted by Gasteiger charge is -1.98. The molecule has 1 heterocycles. The highest BCUT2D eigenvalue weighted by molar-refractivity contribution is 5.95. The van der Waals surface area contributed by atoms with Crippen molar-refractivity contribution >= 4 is 11.9 Å². The van der Waals surface area contributed by atoms with Crippen LogP contribution in [0.4, 0.5) is 0 Å². The van der Waals surface area contributed by atoms with E-state index in [2.05, 4.69) is 11.7 Å². The fraction of sp³-hybridized carbons (Fsp3) is 0.714. The predicted molar refractivity (Wildman–Crippen MR) is 66.3 cm³/mol. The number of rotatable bonds is 8. The third-order valence-corrected chi connectivity index (χ3v) is 3.00. The van der Waals surface area contributed by atoms with Crippen LogP contribution >= 0.6 is 0 Å². The third-order valence-electron chi connectivity index (χ3n) is 3.00. The van der Waals surface area contributed by atoms with E-state index in [9.17, 15) is 9.59 Å². The van der Waals surface area contributed by atoms with E-state index in [1.165, 1.54) is 32.1 Å². The zero-order valence-electron chi connectivity index (χ0n) is 10.6. The van der Waals surface area contributed by atoms with E-state index in [0.29, 0.717) is 0 Å². The Morgan fingerprint density at radius 3 is 2.53 bits per heavy atom. The topological polar surface area (TPSA) is 43.4 Å². The van der Waals surface area contributed by atoms with Crippen LogP contribution in [0.15, 0.2) is 12.2 Å². The molecule has 0 aromatic carbocycles. The van der Waals surface area contributed by atoms with Gasteiger partial charge in [-0.15, -0.1) is 0 Å². The van der Waals surface area contributed by atoms with Gasteiger partial charge in [-0.25, -0.2) is 0 Å². The fourth-order valence-corrected chi connectivity index (χ4v) is 1.94. The molecule has 1 rings (SSSR count). The molecule has 0 amide bonds. The molecule has 1 atom stereocenters. The van der Waals surface area contributed by atoms with Gasteiger partial charge in [-0.3, -0.25) is 9.59 Å². The summed E-state index contributed by atoms with van der Waals surface area (Å²) in [6.45, 7) is 2.21. The van der Waals surface area contributed by atoms with Crippen LogP contribution in [0.3, 0.4) is 0 Å². The van der Waals surface area contributed by atoms with E-state index in [4.69, 9.17) is 0 Å². The van der Waals surface area contributed by atoms with Gasteiger partial charge >= 0.3 is 11.9 Å². The maximum atomic E-state index is 11.1. The number of hydrogen-bond acceptors (Lipinski definition) is 3. The van der Waals surface area contributed by atoms with Crippen LogP contribution in [-0.4, -0.2) is 11.9 Å². The van der Waals surface area contributed by atoms with Crippen LogP contribution in [0.5, 0.6) is 0 Å². The molecule has 3 nitrogen and oxygen atoms in total. The summed E-state index contributed by atoms with van der Waals surface area (Å²) >= 11 is 0. The van der Waals surface area contributed by atoms with E-state index in [1.807, 2.05) is 12.2 Å². The summed E-state index contributed by atoms with van der Waals surface area (Å²) in [6.07, 6.45) is 12.7. The predicted octanol–water partition coefficient (Wildman–Crippen LogP) is 3.38. The van der Waals surface area contributed by atoms with Gasteiger partial charge < -0.3 is 4.74 Å². The molecule has 0 radical (unpaired) electrons. The molecule has 0 N–H and O–H groups in total. The molecule has 17 heavy (non-hydrogen) atoms. The van der Waals surface area contributed by atoms with Gasteiger partial charge in [0.25, 0.3) is 0 Å². The van der Waals surface area contributed by atoms with E-state index >= 15 is 0 Å². The van der Waals surface area contributed by atoms with Crippen molar-refractivity contribution in [2.24, 2.45) is 5.92 Å². The van der Waals surface area contributed by atoms with Crippen molar-refractivity contribution in [2.45, 2.75) is 58.3 Å². The molecule has 0 aromatic rings. The van der Waals surface area contributed by atoms with Gasteiger partial charge in [0.2, 0.25) is 0 Å². The summed E-state index contributed by atoms with van der Waals surface area (Å²) in [5, 5.41) is 0. The van der Waals surface area contributed by atoms with Crippen molar-refractivity contribution < 1.29 is 14.3 Å². The maximum Gasteiger partial charge on any atom is 0.321 e. The normalized spacial score (nSPS) is 20.2. The average Bonchev–Trinajstić information content (AvgIpc) is 2.61. The van der Waals surface area contributed by atoms with Crippen LogP contribution in [0.2, 0.25) is 0 Å². The number of cyclic esters (lactones) is 2. The zero-order chi connectivity index (χ0) is 12.5. The lowest BCUT2D eigenvalue weighted by atomic mass is 10.1. The van der Waals surface area contributed by atoms with E-state index < -0.39 is 11.9 Å². The standard InChI is InChI=1S/C14H22O3/c1-2-3-4-5-6-7-8-9-10-12-11-13(15)17-14(12)16/h9-10,12H,2-8,11H2,1H3. The molecule has 0 spiro atoms. The minimum Gasteiger partial charge on any atom is -0.393 e. The van der Waals surface area contributed by atoms with E-state index in [1.54, 1.807) is 0 Å². The van der Waals surface area contributed by atoms with Gasteiger partial charge in [-0.2, -0.15) is 0 Å². The van der Waals surface area contributed by atoms with Crippen LogP contribution in [-0.2, 0) is 14.3 Å². The molecule has 1 aliphatic rings. The Balaban J connectivity index is 2.02. The molecular formula is C14H22O3. The Kier molecular flexibility index (Phi) is 6.60. The maximum absolute atomic E-state index is 11.1. The summed E-state index contributed by atoms with van der Waals surface area (Å²) in [5.41, 5.74) is 0. The summed E-state index contributed by atoms with van der Waals surface area (Å²) in [4.78, 5) is 22.0. The summed E-state index contributed by atoms with van der Waals surface area (Å²) in [7, 11) is 0. The molecule has 1 fully saturated rings. The number of carbonyl (C=O) groups excluding carboxylic acids is 2. The van der Waals surface area contributed by atoms with Gasteiger partial charge in [-0.05, 0) is 12.8 Å². The van der Waals surface area contributed by atoms with Gasteiger partial charge in [0.1, 0.15) is 0 Å². The van der Waals surface area contributed by atoms with Crippen molar-refractivity contribution in [1.82, 2.24) is 0 Å². The quantitative estimate of drug-likeness (QED) is 0.282. The first-order valence-corrected chi connectivity index (χ1v) is 6.65. The van der Waals surface area contributed by atoms with Crippen LogP contribution in [0.1, 0.15) is 58.3 Å². The largest absolute Gasteiger partial charge is 0.393 e. The third kappa shape index (κ3) is 5.66. The number of unbranched alkanes of at least 4 members (excludes halogenated alkanes) is 6. The highest BCUT2D eigenvalue weighted by atomic mass is 16.6. The van der Waals surface area contributed by atoms with Gasteiger partial charge in [0, 0.05) is 0 Å². The second kappa shape index (κ2) is 8.04. The Morgan fingerprint density at radius 1 is 1.18 bits per heavy atom. The Morgan fingerprint density at radius 2 is 1.88 bits per heavy atom. The van der Waals surface area contributed by atoms with Crippen LogP contribution in [0, 0.1) is 5.92 Å². The molecule has 0 aliphatic carbocycles. The average molecular weight is 238 g/mol. The highest BCUT2D eigenvalue weighted by Gasteiger charge is 2.30. The molecular weight excluding hydrogens is 216 g/mol. The lowest BCUT2D eigenvalue weighted by molar-refractivity contribution is -0.152. The summed E-state index contributed by atoms with van der Waals surface area (Å²) in [6, 6.07) is 0. The highest BCUT2D eigenvalue weighted by Crippen LogP contribution is 2.17. The van der Waals surface area contributed by atoms with Crippen LogP contribution < -0.4 is 0 Å². The SMILES string of the molecule is CCCCCCCCC=CC1CC(=O)OC1=O. The molecule has 1 aliphatic heterocycles. The number of allylic oxidation sites excluding steroid dienone is 1. The van der Waals surface area contributed by atoms with Gasteiger partial charge in [0.15, 0.2) is 0 Å². The smallest absolute Gasteiger partial charge is 0.321 e. The second-order valence-corrected chi connectivity index (χ2v) is 4.59. The molecule has 96 valence electrons. The molecule has 1 saturated heterocycles. The monoisotopic (exact) mass is 238 g/mol. The number of ether oxygens (including phenoxy) is 1. The zero-order valence-corrected chi connectivity index (χ0v) is 10.6. The first kappa shape index (κ1) is 13.9. The first-order valence-electron chi connectivity index (χ1n) is 6.65. The van der Waals surface area contributed by atoms with Crippen molar-refractivity contribution in [1.29, 1.82) is 0 Å². The van der Waals surface area contributed by atoms with E-state index in [0.717, 1.165) is 12.8 Å².